The van der Waals surface area contributed by atoms with Gasteiger partial charge in [0.1, 0.15) is 0 Å². The molecule has 0 aromatic heterocycles. The van der Waals surface area contributed by atoms with E-state index >= 15 is 0 Å². The molecule has 5 nitrogen and oxygen atoms in total. The van der Waals surface area contributed by atoms with Crippen molar-refractivity contribution in [1.82, 2.24) is 4.31 Å². The van der Waals surface area contributed by atoms with Crippen molar-refractivity contribution in [3.8, 4) is 0 Å². The lowest BCUT2D eigenvalue weighted by atomic mass is 10.1. The van der Waals surface area contributed by atoms with Crippen LogP contribution in [0.5, 0.6) is 0 Å². The molecule has 2 aromatic carbocycles. The second-order valence-corrected chi connectivity index (χ2v) is 8.30. The van der Waals surface area contributed by atoms with Crippen molar-refractivity contribution in [2.24, 2.45) is 0 Å². The van der Waals surface area contributed by atoms with Crippen LogP contribution in [0.2, 0.25) is 0 Å². The van der Waals surface area contributed by atoms with Gasteiger partial charge in [-0.2, -0.15) is 0 Å². The summed E-state index contributed by atoms with van der Waals surface area (Å²) < 4.78 is 26.0. The molecular formula is C19H24N2O3S. The summed E-state index contributed by atoms with van der Waals surface area (Å²) in [7, 11) is -1.96. The van der Waals surface area contributed by atoms with Gasteiger partial charge in [-0.25, -0.2) is 12.7 Å². The third-order valence-electron chi connectivity index (χ3n) is 4.19. The highest BCUT2D eigenvalue weighted by molar-refractivity contribution is 7.89. The van der Waals surface area contributed by atoms with Crippen molar-refractivity contribution in [1.29, 1.82) is 0 Å². The summed E-state index contributed by atoms with van der Waals surface area (Å²) in [5.74, 6) is -0.516. The first kappa shape index (κ1) is 19.1. The number of aryl methyl sites for hydroxylation is 1. The summed E-state index contributed by atoms with van der Waals surface area (Å²) in [6.07, 6.45) is -0.0746. The molecule has 134 valence electrons. The summed E-state index contributed by atoms with van der Waals surface area (Å²) in [6, 6.07) is 15.0. The number of hydrogen-bond donors (Lipinski definition) is 1. The molecule has 0 aliphatic heterocycles. The molecule has 0 aliphatic carbocycles. The third kappa shape index (κ3) is 5.41. The summed E-state index contributed by atoms with van der Waals surface area (Å²) in [5, 5.41) is 2.79. The molecule has 6 heteroatoms. The maximum atomic E-state index is 12.4. The highest BCUT2D eigenvalue weighted by Gasteiger charge is 2.19. The van der Waals surface area contributed by atoms with E-state index in [4.69, 9.17) is 0 Å². The molecule has 2 aromatic rings. The fraction of sp³-hybridized carbons (Fsp3) is 0.316. The lowest BCUT2D eigenvalue weighted by Gasteiger charge is -2.17. The third-order valence-corrected chi connectivity index (χ3v) is 5.99. The minimum absolute atomic E-state index is 0.0746. The van der Waals surface area contributed by atoms with Crippen molar-refractivity contribution in [3.63, 3.8) is 0 Å². The van der Waals surface area contributed by atoms with Crippen molar-refractivity contribution < 1.29 is 13.2 Å². The van der Waals surface area contributed by atoms with E-state index in [-0.39, 0.29) is 18.1 Å². The van der Waals surface area contributed by atoms with Gasteiger partial charge in [0.15, 0.2) is 0 Å². The Labute approximate surface area is 149 Å². The molecule has 0 heterocycles. The van der Waals surface area contributed by atoms with Crippen LogP contribution in [0.3, 0.4) is 0 Å². The average molecular weight is 360 g/mol. The van der Waals surface area contributed by atoms with Gasteiger partial charge in [-0.1, -0.05) is 42.5 Å². The largest absolute Gasteiger partial charge is 0.326 e. The van der Waals surface area contributed by atoms with Crippen molar-refractivity contribution >= 4 is 21.6 Å². The van der Waals surface area contributed by atoms with E-state index in [1.165, 1.54) is 11.4 Å². The Hall–Kier alpha value is -2.18. The number of carbonyl (C=O) groups is 1. The number of sulfonamides is 1. The summed E-state index contributed by atoms with van der Waals surface area (Å²) >= 11 is 0. The Bertz CT molecular complexity index is 833. The summed E-state index contributed by atoms with van der Waals surface area (Å²) in [4.78, 5) is 12.1. The topological polar surface area (TPSA) is 66.5 Å². The van der Waals surface area contributed by atoms with Crippen molar-refractivity contribution in [2.75, 3.05) is 18.1 Å². The zero-order valence-corrected chi connectivity index (χ0v) is 15.6. The van der Waals surface area contributed by atoms with Crippen LogP contribution in [0.4, 0.5) is 5.69 Å². The van der Waals surface area contributed by atoms with E-state index in [1.807, 2.05) is 62.4 Å². The van der Waals surface area contributed by atoms with Crippen LogP contribution in [-0.4, -0.2) is 31.4 Å². The second-order valence-electron chi connectivity index (χ2n) is 6.10. The Morgan fingerprint density at radius 3 is 2.40 bits per heavy atom. The average Bonchev–Trinajstić information content (AvgIpc) is 2.58. The van der Waals surface area contributed by atoms with Crippen LogP contribution in [0.1, 0.15) is 23.1 Å². The number of anilines is 1. The van der Waals surface area contributed by atoms with Crippen LogP contribution in [0, 0.1) is 13.8 Å². The molecule has 0 radical (unpaired) electrons. The molecular weight excluding hydrogens is 336 g/mol. The van der Waals surface area contributed by atoms with Gasteiger partial charge in [-0.3, -0.25) is 4.79 Å². The predicted octanol–water partition coefficient (Wildman–Crippen LogP) is 3.09. The number of rotatable bonds is 7. The van der Waals surface area contributed by atoms with E-state index in [1.54, 1.807) is 0 Å². The van der Waals surface area contributed by atoms with E-state index in [0.29, 0.717) is 6.54 Å². The van der Waals surface area contributed by atoms with E-state index in [9.17, 15) is 13.2 Å². The number of hydrogen-bond acceptors (Lipinski definition) is 3. The molecule has 1 amide bonds. The molecule has 0 atom stereocenters. The quantitative estimate of drug-likeness (QED) is 0.825. The Balaban J connectivity index is 1.92. The number of nitrogens with zero attached hydrogens (tertiary/aromatic N) is 1. The van der Waals surface area contributed by atoms with E-state index < -0.39 is 10.0 Å². The van der Waals surface area contributed by atoms with Gasteiger partial charge in [0.25, 0.3) is 0 Å². The van der Waals surface area contributed by atoms with Gasteiger partial charge in [-0.15, -0.1) is 0 Å². The van der Waals surface area contributed by atoms with Gasteiger partial charge in [0, 0.05) is 25.7 Å². The zero-order chi connectivity index (χ0) is 18.4. The number of nitrogens with one attached hydrogen (secondary N) is 1. The Kier molecular flexibility index (Phi) is 6.33. The molecule has 0 spiro atoms. The smallest absolute Gasteiger partial charge is 0.225 e. The molecule has 2 rings (SSSR count). The predicted molar refractivity (Wildman–Crippen MR) is 101 cm³/mol. The van der Waals surface area contributed by atoms with Crippen LogP contribution >= 0.6 is 0 Å². The van der Waals surface area contributed by atoms with Gasteiger partial charge in [0.2, 0.25) is 15.9 Å². The summed E-state index contributed by atoms with van der Waals surface area (Å²) in [5.41, 5.74) is 3.70. The molecule has 0 bridgehead atoms. The maximum Gasteiger partial charge on any atom is 0.225 e. The summed E-state index contributed by atoms with van der Waals surface area (Å²) in [6.45, 7) is 4.19. The molecule has 0 saturated carbocycles. The Morgan fingerprint density at radius 2 is 1.72 bits per heavy atom. The SMILES string of the molecule is Cc1cccc(NC(=O)CCS(=O)(=O)N(C)Cc2ccccc2)c1C. The fourth-order valence-corrected chi connectivity index (χ4v) is 3.52. The minimum atomic E-state index is -3.49. The van der Waals surface area contributed by atoms with Gasteiger partial charge >= 0.3 is 0 Å². The number of benzene rings is 2. The molecule has 0 unspecified atom stereocenters. The van der Waals surface area contributed by atoms with Gasteiger partial charge in [-0.05, 0) is 36.6 Å². The van der Waals surface area contributed by atoms with Crippen molar-refractivity contribution in [2.45, 2.75) is 26.8 Å². The normalized spacial score (nSPS) is 11.5. The monoisotopic (exact) mass is 360 g/mol. The van der Waals surface area contributed by atoms with E-state index in [2.05, 4.69) is 5.32 Å². The lowest BCUT2D eigenvalue weighted by molar-refractivity contribution is -0.115. The Morgan fingerprint density at radius 1 is 1.04 bits per heavy atom. The highest BCUT2D eigenvalue weighted by atomic mass is 32.2. The standard InChI is InChI=1S/C19H24N2O3S/c1-15-8-7-11-18(16(15)2)20-19(22)12-13-25(23,24)21(3)14-17-9-5-4-6-10-17/h4-11H,12-14H2,1-3H3,(H,20,22). The molecule has 1 N–H and O–H groups in total. The van der Waals surface area contributed by atoms with Crippen LogP contribution < -0.4 is 5.32 Å². The maximum absolute atomic E-state index is 12.4. The van der Waals surface area contributed by atoms with E-state index in [0.717, 1.165) is 22.4 Å². The first-order chi connectivity index (χ1) is 11.8. The molecule has 0 fully saturated rings. The second kappa shape index (κ2) is 8.27. The zero-order valence-electron chi connectivity index (χ0n) is 14.8. The first-order valence-electron chi connectivity index (χ1n) is 8.13. The van der Waals surface area contributed by atoms with Crippen molar-refractivity contribution in [3.05, 3.63) is 65.2 Å². The van der Waals surface area contributed by atoms with Crippen LogP contribution in [-0.2, 0) is 21.4 Å². The van der Waals surface area contributed by atoms with Crippen LogP contribution in [0.15, 0.2) is 48.5 Å². The number of carbonyl (C=O) groups excluding carboxylic acids is 1. The highest BCUT2D eigenvalue weighted by Crippen LogP contribution is 2.18. The fourth-order valence-electron chi connectivity index (χ4n) is 2.42. The van der Waals surface area contributed by atoms with Gasteiger partial charge < -0.3 is 5.32 Å². The number of amides is 1. The molecule has 0 saturated heterocycles. The molecule has 25 heavy (non-hydrogen) atoms. The minimum Gasteiger partial charge on any atom is -0.326 e. The van der Waals surface area contributed by atoms with Gasteiger partial charge in [0.05, 0.1) is 5.75 Å². The first-order valence-corrected chi connectivity index (χ1v) is 9.74. The molecule has 0 aliphatic rings. The van der Waals surface area contributed by atoms with Crippen LogP contribution in [0.25, 0.3) is 0 Å². The lowest BCUT2D eigenvalue weighted by Crippen LogP contribution is -2.30.